The van der Waals surface area contributed by atoms with Gasteiger partial charge in [-0.05, 0) is 86.5 Å². The number of alkyl halides is 3. The van der Waals surface area contributed by atoms with E-state index < -0.39 is 19.7 Å². The Labute approximate surface area is 233 Å². The fourth-order valence-electron chi connectivity index (χ4n) is 5.17. The van der Waals surface area contributed by atoms with Gasteiger partial charge in [-0.1, -0.05) is 37.8 Å². The number of halogens is 3. The van der Waals surface area contributed by atoms with E-state index in [1.807, 2.05) is 37.3 Å². The summed E-state index contributed by atoms with van der Waals surface area (Å²) in [4.78, 5) is 2.76. The second-order valence-electron chi connectivity index (χ2n) is 10.9. The molecule has 0 amide bonds. The number of piperidine rings is 1. The fourth-order valence-corrected chi connectivity index (χ4v) is 7.24. The second kappa shape index (κ2) is 12.0. The van der Waals surface area contributed by atoms with Crippen molar-refractivity contribution >= 4 is 45.2 Å². The Kier molecular flexibility index (Phi) is 9.05. The molecule has 0 saturated carbocycles. The zero-order valence-corrected chi connectivity index (χ0v) is 24.9. The molecule has 0 bridgehead atoms. The minimum Gasteiger partial charge on any atom is -0.381 e. The molecule has 0 radical (unpaired) electrons. The van der Waals surface area contributed by atoms with Gasteiger partial charge in [0.1, 0.15) is 7.14 Å². The van der Waals surface area contributed by atoms with Crippen molar-refractivity contribution in [3.63, 3.8) is 0 Å². The second-order valence-corrected chi connectivity index (χ2v) is 15.1. The van der Waals surface area contributed by atoms with Crippen LogP contribution in [0.1, 0.15) is 36.3 Å². The van der Waals surface area contributed by atoms with Crippen LogP contribution in [0.15, 0.2) is 36.4 Å². The van der Waals surface area contributed by atoms with E-state index in [-0.39, 0.29) is 11.6 Å². The smallest absolute Gasteiger partial charge is 0.381 e. The van der Waals surface area contributed by atoms with Crippen LogP contribution in [0.5, 0.6) is 0 Å². The number of aryl methyl sites for hydroxylation is 1. The summed E-state index contributed by atoms with van der Waals surface area (Å²) in [5.41, 5.74) is 3.06. The molecule has 1 aromatic heterocycles. The first-order valence-electron chi connectivity index (χ1n) is 13.3. The summed E-state index contributed by atoms with van der Waals surface area (Å²) < 4.78 is 54.1. The summed E-state index contributed by atoms with van der Waals surface area (Å²) in [5.74, 6) is 6.52. The number of rotatable bonds is 7. The maximum atomic E-state index is 13.6. The van der Waals surface area contributed by atoms with Crippen molar-refractivity contribution in [2.75, 3.05) is 50.6 Å². The predicted octanol–water partition coefficient (Wildman–Crippen LogP) is 7.03. The SMILES string of the molecule is CCc1cc(P(C)(C)=O)ccc1NCC#Cc1sc2c(N[C@@H]3CCN(C)C[C@@H]3C)cccc2c1CC(F)(F)F. The molecule has 2 N–H and O–H groups in total. The molecule has 4 nitrogen and oxygen atoms in total. The zero-order valence-electron chi connectivity index (χ0n) is 23.2. The van der Waals surface area contributed by atoms with Crippen LogP contribution < -0.4 is 15.9 Å². The molecule has 1 aliphatic rings. The summed E-state index contributed by atoms with van der Waals surface area (Å²) in [7, 11) is -0.250. The van der Waals surface area contributed by atoms with Crippen molar-refractivity contribution in [3.8, 4) is 11.8 Å². The molecule has 0 unspecified atom stereocenters. The number of anilines is 2. The lowest BCUT2D eigenvalue weighted by Crippen LogP contribution is -2.43. The molecule has 2 heterocycles. The molecule has 0 spiro atoms. The van der Waals surface area contributed by atoms with E-state index in [0.29, 0.717) is 22.7 Å². The van der Waals surface area contributed by atoms with Gasteiger partial charge in [-0.2, -0.15) is 13.2 Å². The normalized spacial score (nSPS) is 18.6. The molecule has 2 atom stereocenters. The largest absolute Gasteiger partial charge is 0.393 e. The molecule has 0 aliphatic carbocycles. The summed E-state index contributed by atoms with van der Waals surface area (Å²) in [6.07, 6.45) is -3.58. The van der Waals surface area contributed by atoms with Crippen molar-refractivity contribution in [1.29, 1.82) is 0 Å². The van der Waals surface area contributed by atoms with Crippen LogP contribution in [0.4, 0.5) is 24.5 Å². The van der Waals surface area contributed by atoms with Crippen molar-refractivity contribution in [2.45, 2.75) is 45.3 Å². The first-order chi connectivity index (χ1) is 18.4. The lowest BCUT2D eigenvalue weighted by Gasteiger charge is -2.35. The van der Waals surface area contributed by atoms with Crippen molar-refractivity contribution < 1.29 is 17.7 Å². The van der Waals surface area contributed by atoms with E-state index in [1.54, 1.807) is 19.4 Å². The third kappa shape index (κ3) is 7.39. The van der Waals surface area contributed by atoms with Crippen LogP contribution in [0.3, 0.4) is 0 Å². The van der Waals surface area contributed by atoms with Gasteiger partial charge >= 0.3 is 6.18 Å². The van der Waals surface area contributed by atoms with Crippen LogP contribution in [0, 0.1) is 17.8 Å². The number of fused-ring (bicyclic) bond motifs is 1. The van der Waals surface area contributed by atoms with Gasteiger partial charge in [-0.3, -0.25) is 0 Å². The lowest BCUT2D eigenvalue weighted by atomic mass is 9.94. The summed E-state index contributed by atoms with van der Waals surface area (Å²) in [5, 5.41) is 8.38. The Hall–Kier alpha value is -2.46. The van der Waals surface area contributed by atoms with Gasteiger partial charge < -0.3 is 20.1 Å². The van der Waals surface area contributed by atoms with Crippen molar-refractivity contribution in [1.82, 2.24) is 4.90 Å². The number of thiophene rings is 1. The van der Waals surface area contributed by atoms with Crippen LogP contribution in [0.2, 0.25) is 0 Å². The van der Waals surface area contributed by atoms with E-state index >= 15 is 0 Å². The Morgan fingerprint density at radius 1 is 1.18 bits per heavy atom. The maximum Gasteiger partial charge on any atom is 0.393 e. The highest BCUT2D eigenvalue weighted by atomic mass is 32.1. The highest BCUT2D eigenvalue weighted by molar-refractivity contribution is 7.70. The quantitative estimate of drug-likeness (QED) is 0.235. The van der Waals surface area contributed by atoms with E-state index in [2.05, 4.69) is 41.3 Å². The zero-order chi connectivity index (χ0) is 28.4. The van der Waals surface area contributed by atoms with Gasteiger partial charge in [0.15, 0.2) is 0 Å². The third-order valence-corrected chi connectivity index (χ3v) is 10.0. The van der Waals surface area contributed by atoms with Crippen LogP contribution >= 0.6 is 18.5 Å². The molecular weight excluding hydrogens is 538 g/mol. The minimum absolute atomic E-state index is 0.246. The molecule has 4 rings (SSSR count). The molecule has 2 aromatic carbocycles. The molecule has 210 valence electrons. The van der Waals surface area contributed by atoms with Gasteiger partial charge in [0, 0.05) is 23.6 Å². The number of nitrogens with zero attached hydrogens (tertiary/aromatic N) is 1. The summed E-state index contributed by atoms with van der Waals surface area (Å²) >= 11 is 1.33. The molecule has 1 aliphatic heterocycles. The summed E-state index contributed by atoms with van der Waals surface area (Å²) in [6, 6.07) is 11.6. The van der Waals surface area contributed by atoms with Crippen molar-refractivity contribution in [3.05, 3.63) is 52.4 Å². The Morgan fingerprint density at radius 2 is 1.95 bits per heavy atom. The predicted molar refractivity (Wildman–Crippen MR) is 161 cm³/mol. The number of hydrogen-bond donors (Lipinski definition) is 2. The van der Waals surface area contributed by atoms with Gasteiger partial charge in [0.05, 0.1) is 28.2 Å². The first kappa shape index (κ1) is 29.5. The minimum atomic E-state index is -4.33. The average molecular weight is 576 g/mol. The third-order valence-electron chi connectivity index (χ3n) is 7.31. The summed E-state index contributed by atoms with van der Waals surface area (Å²) in [6.45, 7) is 10.0. The standard InChI is InChI=1S/C30H37F3N3OPS/c1-6-21-17-22(38(4,5)37)12-13-26(21)34-15-8-11-28-24(18-30(31,32)33)23-9-7-10-27(29(23)39-28)35-25-14-16-36(3)19-20(25)2/h7,9-10,12-13,17,20,25,34-35H,6,14-16,18-19H2,1-5H3/t20-,25+/m0/s1. The number of benzene rings is 2. The van der Waals surface area contributed by atoms with E-state index in [9.17, 15) is 17.7 Å². The number of hydrogen-bond acceptors (Lipinski definition) is 5. The topological polar surface area (TPSA) is 44.4 Å². The lowest BCUT2D eigenvalue weighted by molar-refractivity contribution is -0.126. The van der Waals surface area contributed by atoms with Gasteiger partial charge in [0.2, 0.25) is 0 Å². The van der Waals surface area contributed by atoms with Crippen LogP contribution in [-0.4, -0.2) is 57.1 Å². The average Bonchev–Trinajstić information content (AvgIpc) is 3.19. The van der Waals surface area contributed by atoms with Gasteiger partial charge in [0.25, 0.3) is 0 Å². The molecule has 39 heavy (non-hydrogen) atoms. The van der Waals surface area contributed by atoms with Gasteiger partial charge in [-0.15, -0.1) is 11.3 Å². The molecule has 9 heteroatoms. The molecule has 3 aromatic rings. The van der Waals surface area contributed by atoms with Crippen LogP contribution in [0.25, 0.3) is 10.1 Å². The van der Waals surface area contributed by atoms with E-state index in [0.717, 1.165) is 52.9 Å². The molecular formula is C30H37F3N3OPS. The number of likely N-dealkylation sites (tertiary alicyclic amines) is 1. The maximum absolute atomic E-state index is 13.6. The first-order valence-corrected chi connectivity index (χ1v) is 16.7. The van der Waals surface area contributed by atoms with Crippen LogP contribution in [-0.2, 0) is 17.4 Å². The Morgan fingerprint density at radius 3 is 2.62 bits per heavy atom. The number of nitrogens with one attached hydrogen (secondary N) is 2. The monoisotopic (exact) mass is 575 g/mol. The molecule has 1 saturated heterocycles. The highest BCUT2D eigenvalue weighted by Gasteiger charge is 2.31. The molecule has 1 fully saturated rings. The van der Waals surface area contributed by atoms with Gasteiger partial charge in [-0.25, -0.2) is 0 Å². The Balaban J connectivity index is 1.60. The van der Waals surface area contributed by atoms with E-state index in [4.69, 9.17) is 0 Å². The fraction of sp³-hybridized carbons (Fsp3) is 0.467. The Bertz CT molecular complexity index is 1430. The van der Waals surface area contributed by atoms with Crippen molar-refractivity contribution in [2.24, 2.45) is 5.92 Å². The highest BCUT2D eigenvalue weighted by Crippen LogP contribution is 2.40. The van der Waals surface area contributed by atoms with E-state index in [1.165, 1.54) is 11.3 Å².